The highest BCUT2D eigenvalue weighted by molar-refractivity contribution is 7.91. The number of sulfonamides is 1. The van der Waals surface area contributed by atoms with Gasteiger partial charge in [0.2, 0.25) is 0 Å². The van der Waals surface area contributed by atoms with Gasteiger partial charge in [-0.3, -0.25) is 4.79 Å². The minimum Gasteiger partial charge on any atom is -0.487 e. The van der Waals surface area contributed by atoms with Gasteiger partial charge < -0.3 is 14.0 Å². The van der Waals surface area contributed by atoms with E-state index >= 15 is 0 Å². The number of hydrogen-bond acceptors (Lipinski definition) is 6. The number of fused-ring (bicyclic) bond motifs is 1. The molecular formula is C23H22N4O4S2. The number of benzene rings is 1. The van der Waals surface area contributed by atoms with Crippen molar-refractivity contribution in [3.63, 3.8) is 0 Å². The fourth-order valence-corrected chi connectivity index (χ4v) is 6.35. The Hall–Kier alpha value is -3.21. The molecule has 33 heavy (non-hydrogen) atoms. The number of imidazole rings is 1. The SMILES string of the molecule is O=C(c1cccc(OCc2cn3ccccc3n2)c1)N1CCN(S(=O)(=O)c2cccs2)CC1. The number of carbonyl (C=O) groups is 1. The standard InChI is InChI=1S/C23H22N4O4S2/c28-23(25-10-12-27(13-11-25)33(29,30)22-8-4-14-32-22)18-5-3-6-20(15-18)31-17-19-16-26-9-2-1-7-21(26)24-19/h1-9,14-16H,10-13,17H2. The van der Waals surface area contributed by atoms with Gasteiger partial charge in [0, 0.05) is 44.1 Å². The van der Waals surface area contributed by atoms with Crippen LogP contribution in [0.5, 0.6) is 5.75 Å². The molecule has 4 heterocycles. The minimum atomic E-state index is -3.50. The van der Waals surface area contributed by atoms with Gasteiger partial charge >= 0.3 is 0 Å². The lowest BCUT2D eigenvalue weighted by Crippen LogP contribution is -2.50. The van der Waals surface area contributed by atoms with Crippen LogP contribution in [0.4, 0.5) is 0 Å². The third-order valence-corrected chi connectivity index (χ3v) is 8.77. The van der Waals surface area contributed by atoms with E-state index in [-0.39, 0.29) is 19.0 Å². The summed E-state index contributed by atoms with van der Waals surface area (Å²) >= 11 is 1.20. The van der Waals surface area contributed by atoms with Crippen molar-refractivity contribution in [1.29, 1.82) is 0 Å². The van der Waals surface area contributed by atoms with E-state index in [1.165, 1.54) is 15.6 Å². The van der Waals surface area contributed by atoms with Crippen molar-refractivity contribution in [3.8, 4) is 5.75 Å². The summed E-state index contributed by atoms with van der Waals surface area (Å²) in [5.41, 5.74) is 2.15. The molecule has 10 heteroatoms. The first kappa shape index (κ1) is 21.6. The Labute approximate surface area is 195 Å². The molecule has 5 rings (SSSR count). The van der Waals surface area contributed by atoms with E-state index < -0.39 is 10.0 Å². The van der Waals surface area contributed by atoms with Gasteiger partial charge in [-0.15, -0.1) is 11.3 Å². The fraction of sp³-hybridized carbons (Fsp3) is 0.217. The average Bonchev–Trinajstić information content (AvgIpc) is 3.53. The molecule has 0 unspecified atom stereocenters. The summed E-state index contributed by atoms with van der Waals surface area (Å²) in [6.07, 6.45) is 3.84. The van der Waals surface area contributed by atoms with Crippen molar-refractivity contribution in [1.82, 2.24) is 18.6 Å². The van der Waals surface area contributed by atoms with E-state index in [1.54, 1.807) is 46.7 Å². The van der Waals surface area contributed by atoms with E-state index in [2.05, 4.69) is 4.98 Å². The molecule has 1 aliphatic rings. The second-order valence-electron chi connectivity index (χ2n) is 7.64. The zero-order valence-corrected chi connectivity index (χ0v) is 19.3. The molecule has 1 fully saturated rings. The van der Waals surface area contributed by atoms with Crippen LogP contribution < -0.4 is 4.74 Å². The van der Waals surface area contributed by atoms with Crippen molar-refractivity contribution >= 4 is 32.9 Å². The van der Waals surface area contributed by atoms with Crippen LogP contribution in [0.25, 0.3) is 5.65 Å². The molecule has 0 N–H and O–H groups in total. The molecule has 0 atom stereocenters. The second kappa shape index (κ2) is 8.97. The van der Waals surface area contributed by atoms with Gasteiger partial charge in [0.05, 0.1) is 5.69 Å². The molecule has 3 aromatic heterocycles. The summed E-state index contributed by atoms with van der Waals surface area (Å²) in [7, 11) is -3.50. The maximum atomic E-state index is 13.0. The van der Waals surface area contributed by atoms with Gasteiger partial charge in [0.25, 0.3) is 15.9 Å². The van der Waals surface area contributed by atoms with Gasteiger partial charge in [-0.2, -0.15) is 4.31 Å². The van der Waals surface area contributed by atoms with E-state index in [9.17, 15) is 13.2 Å². The Morgan fingerprint density at radius 2 is 1.88 bits per heavy atom. The molecule has 0 radical (unpaired) electrons. The fourth-order valence-electron chi connectivity index (χ4n) is 3.78. The van der Waals surface area contributed by atoms with E-state index in [0.29, 0.717) is 35.2 Å². The summed E-state index contributed by atoms with van der Waals surface area (Å²) in [6, 6.07) is 16.2. The maximum Gasteiger partial charge on any atom is 0.254 e. The Bertz CT molecular complexity index is 1340. The number of aromatic nitrogens is 2. The molecule has 0 saturated carbocycles. The van der Waals surface area contributed by atoms with Crippen molar-refractivity contribution in [2.24, 2.45) is 0 Å². The number of thiophene rings is 1. The maximum absolute atomic E-state index is 13.0. The molecule has 0 spiro atoms. The highest BCUT2D eigenvalue weighted by Gasteiger charge is 2.31. The average molecular weight is 483 g/mol. The third-order valence-electron chi connectivity index (χ3n) is 5.50. The molecule has 4 aromatic rings. The first-order chi connectivity index (χ1) is 16.0. The quantitative estimate of drug-likeness (QED) is 0.422. The predicted molar refractivity (Wildman–Crippen MR) is 125 cm³/mol. The van der Waals surface area contributed by atoms with E-state index in [0.717, 1.165) is 11.3 Å². The normalized spacial score (nSPS) is 15.1. The van der Waals surface area contributed by atoms with Gasteiger partial charge in [-0.05, 0) is 41.8 Å². The first-order valence-electron chi connectivity index (χ1n) is 10.5. The smallest absolute Gasteiger partial charge is 0.254 e. The monoisotopic (exact) mass is 482 g/mol. The molecular weight excluding hydrogens is 460 g/mol. The lowest BCUT2D eigenvalue weighted by atomic mass is 10.1. The number of pyridine rings is 1. The number of hydrogen-bond donors (Lipinski definition) is 0. The van der Waals surface area contributed by atoms with Crippen LogP contribution in [0.15, 0.2) is 76.6 Å². The van der Waals surface area contributed by atoms with E-state index in [4.69, 9.17) is 4.74 Å². The number of rotatable bonds is 6. The Balaban J connectivity index is 1.21. The molecule has 1 amide bonds. The number of carbonyl (C=O) groups excluding carboxylic acids is 1. The molecule has 0 aliphatic carbocycles. The lowest BCUT2D eigenvalue weighted by Gasteiger charge is -2.33. The minimum absolute atomic E-state index is 0.138. The second-order valence-corrected chi connectivity index (χ2v) is 10.8. The Kier molecular flexibility index (Phi) is 5.88. The predicted octanol–water partition coefficient (Wildman–Crippen LogP) is 3.12. The zero-order valence-electron chi connectivity index (χ0n) is 17.7. The lowest BCUT2D eigenvalue weighted by molar-refractivity contribution is 0.0697. The molecule has 170 valence electrons. The van der Waals surface area contributed by atoms with Crippen LogP contribution in [-0.4, -0.2) is 59.1 Å². The van der Waals surface area contributed by atoms with Gasteiger partial charge in [0.15, 0.2) is 0 Å². The van der Waals surface area contributed by atoms with Crippen LogP contribution in [-0.2, 0) is 16.6 Å². The number of piperazine rings is 1. The summed E-state index contributed by atoms with van der Waals surface area (Å²) in [6.45, 7) is 1.52. The summed E-state index contributed by atoms with van der Waals surface area (Å²) < 4.78 is 35.0. The van der Waals surface area contributed by atoms with Crippen molar-refractivity contribution < 1.29 is 17.9 Å². The Morgan fingerprint density at radius 1 is 1.03 bits per heavy atom. The number of amides is 1. The largest absolute Gasteiger partial charge is 0.487 e. The van der Waals surface area contributed by atoms with Crippen LogP contribution in [0.1, 0.15) is 16.1 Å². The summed E-state index contributed by atoms with van der Waals surface area (Å²) in [5.74, 6) is 0.443. The molecule has 0 bridgehead atoms. The van der Waals surface area contributed by atoms with Gasteiger partial charge in [-0.25, -0.2) is 13.4 Å². The van der Waals surface area contributed by atoms with Crippen LogP contribution in [0.2, 0.25) is 0 Å². The van der Waals surface area contributed by atoms with Crippen LogP contribution in [0.3, 0.4) is 0 Å². The number of nitrogens with zero attached hydrogens (tertiary/aromatic N) is 4. The molecule has 1 aliphatic heterocycles. The topological polar surface area (TPSA) is 84.2 Å². The van der Waals surface area contributed by atoms with Gasteiger partial charge in [0.1, 0.15) is 22.2 Å². The molecule has 8 nitrogen and oxygen atoms in total. The Morgan fingerprint density at radius 3 is 2.64 bits per heavy atom. The van der Waals surface area contributed by atoms with Crippen LogP contribution >= 0.6 is 11.3 Å². The first-order valence-corrected chi connectivity index (χ1v) is 12.8. The van der Waals surface area contributed by atoms with Crippen molar-refractivity contribution in [3.05, 3.63) is 83.6 Å². The highest BCUT2D eigenvalue weighted by Crippen LogP contribution is 2.23. The van der Waals surface area contributed by atoms with Gasteiger partial charge in [-0.1, -0.05) is 18.2 Å². The summed E-state index contributed by atoms with van der Waals surface area (Å²) in [4.78, 5) is 19.2. The van der Waals surface area contributed by atoms with Crippen molar-refractivity contribution in [2.45, 2.75) is 10.8 Å². The number of ether oxygens (including phenoxy) is 1. The molecule has 1 saturated heterocycles. The zero-order chi connectivity index (χ0) is 22.8. The highest BCUT2D eigenvalue weighted by atomic mass is 32.2. The third kappa shape index (κ3) is 4.50. The summed E-state index contributed by atoms with van der Waals surface area (Å²) in [5, 5.41) is 1.75. The van der Waals surface area contributed by atoms with Crippen LogP contribution in [0, 0.1) is 0 Å². The van der Waals surface area contributed by atoms with Crippen molar-refractivity contribution in [2.75, 3.05) is 26.2 Å². The van der Waals surface area contributed by atoms with E-state index in [1.807, 2.05) is 35.0 Å². The molecule has 1 aromatic carbocycles.